The van der Waals surface area contributed by atoms with Gasteiger partial charge in [-0.15, -0.1) is 11.3 Å². The van der Waals surface area contributed by atoms with Gasteiger partial charge in [-0.1, -0.05) is 13.0 Å². The van der Waals surface area contributed by atoms with Crippen molar-refractivity contribution in [3.8, 4) is 5.75 Å². The molecule has 0 fully saturated rings. The first-order valence-electron chi connectivity index (χ1n) is 6.14. The standard InChI is InChI=1S/C14H14F3NOS/c1-2-11(13-4-3-7-20-13)18-9-5-6-12(10(15)8-9)19-14(16)17/h3-8,11,14,18H,2H2,1H3. The molecular weight excluding hydrogens is 287 g/mol. The lowest BCUT2D eigenvalue weighted by molar-refractivity contribution is -0.0521. The summed E-state index contributed by atoms with van der Waals surface area (Å²) in [6.45, 7) is -1.01. The van der Waals surface area contributed by atoms with Crippen LogP contribution in [0.1, 0.15) is 24.3 Å². The summed E-state index contributed by atoms with van der Waals surface area (Å²) in [7, 11) is 0. The molecule has 0 saturated carbocycles. The van der Waals surface area contributed by atoms with E-state index in [0.29, 0.717) is 5.69 Å². The highest BCUT2D eigenvalue weighted by atomic mass is 32.1. The Labute approximate surface area is 119 Å². The molecule has 1 aromatic heterocycles. The van der Waals surface area contributed by atoms with Gasteiger partial charge in [0.15, 0.2) is 11.6 Å². The zero-order valence-corrected chi connectivity index (χ0v) is 11.6. The molecule has 1 atom stereocenters. The molecule has 2 aromatic rings. The Bertz CT molecular complexity index is 545. The summed E-state index contributed by atoms with van der Waals surface area (Å²) in [6.07, 6.45) is 0.831. The summed E-state index contributed by atoms with van der Waals surface area (Å²) in [6, 6.07) is 7.90. The van der Waals surface area contributed by atoms with E-state index in [-0.39, 0.29) is 6.04 Å². The zero-order valence-electron chi connectivity index (χ0n) is 10.8. The number of ether oxygens (including phenoxy) is 1. The number of rotatable bonds is 6. The van der Waals surface area contributed by atoms with Gasteiger partial charge in [-0.2, -0.15) is 8.78 Å². The first-order chi connectivity index (χ1) is 9.60. The molecule has 0 amide bonds. The maximum absolute atomic E-state index is 13.6. The second-order valence-corrected chi connectivity index (χ2v) is 5.12. The van der Waals surface area contributed by atoms with Gasteiger partial charge in [-0.05, 0) is 30.0 Å². The fourth-order valence-electron chi connectivity index (χ4n) is 1.85. The maximum Gasteiger partial charge on any atom is 0.387 e. The van der Waals surface area contributed by atoms with Crippen LogP contribution in [0.15, 0.2) is 35.7 Å². The lowest BCUT2D eigenvalue weighted by Crippen LogP contribution is -2.09. The third-order valence-electron chi connectivity index (χ3n) is 2.78. The van der Waals surface area contributed by atoms with Crippen LogP contribution >= 0.6 is 11.3 Å². The van der Waals surface area contributed by atoms with Crippen molar-refractivity contribution < 1.29 is 17.9 Å². The van der Waals surface area contributed by atoms with E-state index in [0.717, 1.165) is 17.4 Å². The van der Waals surface area contributed by atoms with Crippen LogP contribution in [-0.2, 0) is 0 Å². The lowest BCUT2D eigenvalue weighted by atomic mass is 10.1. The topological polar surface area (TPSA) is 21.3 Å². The van der Waals surface area contributed by atoms with Gasteiger partial charge in [0.05, 0.1) is 6.04 Å². The quantitative estimate of drug-likeness (QED) is 0.806. The van der Waals surface area contributed by atoms with Crippen LogP contribution in [0, 0.1) is 5.82 Å². The summed E-state index contributed by atoms with van der Waals surface area (Å²) in [4.78, 5) is 1.14. The largest absolute Gasteiger partial charge is 0.432 e. The zero-order chi connectivity index (χ0) is 14.5. The van der Waals surface area contributed by atoms with Gasteiger partial charge in [-0.3, -0.25) is 0 Å². The molecule has 1 heterocycles. The highest BCUT2D eigenvalue weighted by molar-refractivity contribution is 7.10. The molecule has 108 valence electrons. The first-order valence-corrected chi connectivity index (χ1v) is 7.02. The number of alkyl halides is 2. The molecule has 6 heteroatoms. The predicted molar refractivity (Wildman–Crippen MR) is 74.0 cm³/mol. The minimum absolute atomic E-state index is 0.0660. The first kappa shape index (κ1) is 14.7. The fourth-order valence-corrected chi connectivity index (χ4v) is 2.71. The number of benzene rings is 1. The summed E-state index contributed by atoms with van der Waals surface area (Å²) >= 11 is 1.61. The van der Waals surface area contributed by atoms with Crippen molar-refractivity contribution in [3.63, 3.8) is 0 Å². The van der Waals surface area contributed by atoms with E-state index in [1.807, 2.05) is 24.4 Å². The smallest absolute Gasteiger partial charge is 0.387 e. The Balaban J connectivity index is 2.11. The molecule has 2 rings (SSSR count). The van der Waals surface area contributed by atoms with Crippen LogP contribution in [0.4, 0.5) is 18.9 Å². The molecule has 20 heavy (non-hydrogen) atoms. The van der Waals surface area contributed by atoms with E-state index in [1.54, 1.807) is 11.3 Å². The predicted octanol–water partition coefficient (Wildman–Crippen LogP) is 5.05. The summed E-state index contributed by atoms with van der Waals surface area (Å²) in [5.74, 6) is -1.26. The van der Waals surface area contributed by atoms with Crippen molar-refractivity contribution in [1.29, 1.82) is 0 Å². The average molecular weight is 301 g/mol. The van der Waals surface area contributed by atoms with E-state index < -0.39 is 18.2 Å². The Morgan fingerprint density at radius 1 is 1.30 bits per heavy atom. The van der Waals surface area contributed by atoms with Crippen molar-refractivity contribution in [2.24, 2.45) is 0 Å². The lowest BCUT2D eigenvalue weighted by Gasteiger charge is -2.17. The number of hydrogen-bond acceptors (Lipinski definition) is 3. The van der Waals surface area contributed by atoms with E-state index in [4.69, 9.17) is 0 Å². The van der Waals surface area contributed by atoms with Gasteiger partial charge in [0.25, 0.3) is 0 Å². The van der Waals surface area contributed by atoms with E-state index in [1.165, 1.54) is 12.1 Å². The van der Waals surface area contributed by atoms with Crippen LogP contribution in [0.3, 0.4) is 0 Å². The molecule has 1 unspecified atom stereocenters. The van der Waals surface area contributed by atoms with E-state index in [2.05, 4.69) is 10.1 Å². The molecule has 0 spiro atoms. The van der Waals surface area contributed by atoms with Crippen molar-refractivity contribution in [1.82, 2.24) is 0 Å². The molecule has 0 saturated heterocycles. The van der Waals surface area contributed by atoms with Gasteiger partial charge >= 0.3 is 6.61 Å². The number of hydrogen-bond donors (Lipinski definition) is 1. The minimum Gasteiger partial charge on any atom is -0.432 e. The highest BCUT2D eigenvalue weighted by Crippen LogP contribution is 2.28. The fraction of sp³-hybridized carbons (Fsp3) is 0.286. The van der Waals surface area contributed by atoms with Crippen molar-refractivity contribution in [3.05, 3.63) is 46.4 Å². The molecule has 2 nitrogen and oxygen atoms in total. The Morgan fingerprint density at radius 3 is 2.65 bits per heavy atom. The Hall–Kier alpha value is -1.69. The molecule has 0 aliphatic carbocycles. The number of nitrogens with one attached hydrogen (secondary N) is 1. The van der Waals surface area contributed by atoms with Crippen LogP contribution in [-0.4, -0.2) is 6.61 Å². The normalized spacial score (nSPS) is 12.4. The third-order valence-corrected chi connectivity index (χ3v) is 3.77. The van der Waals surface area contributed by atoms with E-state index >= 15 is 0 Å². The Kier molecular flexibility index (Phi) is 4.89. The molecule has 1 aromatic carbocycles. The van der Waals surface area contributed by atoms with Crippen LogP contribution in [0.25, 0.3) is 0 Å². The molecule has 0 bridgehead atoms. The molecular formula is C14H14F3NOS. The molecule has 0 radical (unpaired) electrons. The number of thiophene rings is 1. The summed E-state index contributed by atoms with van der Waals surface area (Å²) in [5, 5.41) is 5.15. The number of anilines is 1. The molecule has 0 aliphatic heterocycles. The van der Waals surface area contributed by atoms with Crippen LogP contribution < -0.4 is 10.1 Å². The van der Waals surface area contributed by atoms with Crippen molar-refractivity contribution >= 4 is 17.0 Å². The van der Waals surface area contributed by atoms with Crippen LogP contribution in [0.5, 0.6) is 5.75 Å². The van der Waals surface area contributed by atoms with Gasteiger partial charge in [-0.25, -0.2) is 4.39 Å². The average Bonchev–Trinajstić information content (AvgIpc) is 2.92. The molecule has 0 aliphatic rings. The van der Waals surface area contributed by atoms with Gasteiger partial charge in [0.1, 0.15) is 0 Å². The van der Waals surface area contributed by atoms with Crippen molar-refractivity contribution in [2.75, 3.05) is 5.32 Å². The second-order valence-electron chi connectivity index (χ2n) is 4.14. The maximum atomic E-state index is 13.6. The van der Waals surface area contributed by atoms with Gasteiger partial charge in [0.2, 0.25) is 0 Å². The highest BCUT2D eigenvalue weighted by Gasteiger charge is 2.13. The third kappa shape index (κ3) is 3.66. The summed E-state index contributed by atoms with van der Waals surface area (Å²) in [5.41, 5.74) is 0.532. The second kappa shape index (κ2) is 6.65. The summed E-state index contributed by atoms with van der Waals surface area (Å²) < 4.78 is 41.8. The molecule has 1 N–H and O–H groups in total. The van der Waals surface area contributed by atoms with Gasteiger partial charge < -0.3 is 10.1 Å². The number of halogens is 3. The SMILES string of the molecule is CCC(Nc1ccc(OC(F)F)c(F)c1)c1cccs1. The van der Waals surface area contributed by atoms with Gasteiger partial charge in [0, 0.05) is 16.6 Å². The minimum atomic E-state index is -3.03. The van der Waals surface area contributed by atoms with E-state index in [9.17, 15) is 13.2 Å². The van der Waals surface area contributed by atoms with Crippen molar-refractivity contribution in [2.45, 2.75) is 26.0 Å². The monoisotopic (exact) mass is 301 g/mol. The van der Waals surface area contributed by atoms with Crippen LogP contribution in [0.2, 0.25) is 0 Å². The Morgan fingerprint density at radius 2 is 2.10 bits per heavy atom.